The summed E-state index contributed by atoms with van der Waals surface area (Å²) in [4.78, 5) is 2.26. The van der Waals surface area contributed by atoms with Crippen molar-refractivity contribution in [3.63, 3.8) is 0 Å². The maximum atomic E-state index is 8.61. The van der Waals surface area contributed by atoms with Gasteiger partial charge in [-0.3, -0.25) is 4.90 Å². The Balaban J connectivity index is 2.32. The van der Waals surface area contributed by atoms with Crippen molar-refractivity contribution in [2.45, 2.75) is 6.54 Å². The SMILES string of the molecule is NCCN(CCOCCO)Cc1ccccc1. The van der Waals surface area contributed by atoms with Gasteiger partial charge in [-0.05, 0) is 5.56 Å². The number of aliphatic hydroxyl groups excluding tert-OH is 1. The zero-order valence-electron chi connectivity index (χ0n) is 10.2. The van der Waals surface area contributed by atoms with E-state index in [2.05, 4.69) is 17.0 Å². The molecule has 0 fully saturated rings. The van der Waals surface area contributed by atoms with Crippen molar-refractivity contribution in [1.82, 2.24) is 4.90 Å². The van der Waals surface area contributed by atoms with Crippen molar-refractivity contribution in [3.05, 3.63) is 35.9 Å². The molecule has 0 unspecified atom stereocenters. The topological polar surface area (TPSA) is 58.7 Å². The van der Waals surface area contributed by atoms with Gasteiger partial charge in [-0.15, -0.1) is 0 Å². The maximum absolute atomic E-state index is 8.61. The molecule has 0 aliphatic carbocycles. The van der Waals surface area contributed by atoms with E-state index < -0.39 is 0 Å². The largest absolute Gasteiger partial charge is 0.394 e. The Morgan fingerprint density at radius 3 is 2.53 bits per heavy atom. The monoisotopic (exact) mass is 238 g/mol. The van der Waals surface area contributed by atoms with E-state index in [1.165, 1.54) is 5.56 Å². The molecular weight excluding hydrogens is 216 g/mol. The summed E-state index contributed by atoms with van der Waals surface area (Å²) in [5, 5.41) is 8.61. The molecule has 0 aliphatic rings. The highest BCUT2D eigenvalue weighted by Gasteiger charge is 2.04. The summed E-state index contributed by atoms with van der Waals surface area (Å²) in [5.74, 6) is 0. The van der Waals surface area contributed by atoms with Crippen LogP contribution in [0.1, 0.15) is 5.56 Å². The minimum atomic E-state index is 0.0789. The number of hydrogen-bond donors (Lipinski definition) is 2. The van der Waals surface area contributed by atoms with Crippen LogP contribution in [0.5, 0.6) is 0 Å². The fraction of sp³-hybridized carbons (Fsp3) is 0.538. The van der Waals surface area contributed by atoms with Gasteiger partial charge in [0.1, 0.15) is 0 Å². The molecule has 0 bridgehead atoms. The van der Waals surface area contributed by atoms with E-state index in [0.717, 1.165) is 19.6 Å². The van der Waals surface area contributed by atoms with Crippen LogP contribution in [0.2, 0.25) is 0 Å². The Bertz CT molecular complexity index is 280. The fourth-order valence-corrected chi connectivity index (χ4v) is 1.65. The van der Waals surface area contributed by atoms with Gasteiger partial charge in [-0.25, -0.2) is 0 Å². The highest BCUT2D eigenvalue weighted by molar-refractivity contribution is 5.14. The number of rotatable bonds is 9. The summed E-state index contributed by atoms with van der Waals surface area (Å²) in [6.45, 7) is 4.35. The second kappa shape index (κ2) is 9.13. The molecule has 4 nitrogen and oxygen atoms in total. The third-order valence-electron chi connectivity index (χ3n) is 2.48. The van der Waals surface area contributed by atoms with Gasteiger partial charge in [0.05, 0.1) is 19.8 Å². The minimum Gasteiger partial charge on any atom is -0.394 e. The number of ether oxygens (including phenoxy) is 1. The molecular formula is C13H22N2O2. The highest BCUT2D eigenvalue weighted by Crippen LogP contribution is 2.03. The van der Waals surface area contributed by atoms with Gasteiger partial charge in [0.25, 0.3) is 0 Å². The molecule has 17 heavy (non-hydrogen) atoms. The van der Waals surface area contributed by atoms with Gasteiger partial charge < -0.3 is 15.6 Å². The average Bonchev–Trinajstić information content (AvgIpc) is 2.36. The van der Waals surface area contributed by atoms with Crippen LogP contribution in [0.25, 0.3) is 0 Å². The smallest absolute Gasteiger partial charge is 0.0698 e. The summed E-state index contributed by atoms with van der Waals surface area (Å²) >= 11 is 0. The van der Waals surface area contributed by atoms with E-state index in [9.17, 15) is 0 Å². The van der Waals surface area contributed by atoms with Gasteiger partial charge in [0.15, 0.2) is 0 Å². The van der Waals surface area contributed by atoms with Crippen LogP contribution in [0.3, 0.4) is 0 Å². The summed E-state index contributed by atoms with van der Waals surface area (Å²) in [5.41, 5.74) is 6.87. The van der Waals surface area contributed by atoms with Crippen molar-refractivity contribution in [2.24, 2.45) is 5.73 Å². The average molecular weight is 238 g/mol. The summed E-state index contributed by atoms with van der Waals surface area (Å²) in [6.07, 6.45) is 0. The predicted octanol–water partition coefficient (Wildman–Crippen LogP) is 0.456. The highest BCUT2D eigenvalue weighted by atomic mass is 16.5. The zero-order valence-corrected chi connectivity index (χ0v) is 10.2. The minimum absolute atomic E-state index is 0.0789. The first-order valence-electron chi connectivity index (χ1n) is 6.01. The second-order valence-corrected chi connectivity index (χ2v) is 3.89. The quantitative estimate of drug-likeness (QED) is 0.614. The van der Waals surface area contributed by atoms with E-state index in [1.807, 2.05) is 18.2 Å². The van der Waals surface area contributed by atoms with Crippen molar-refractivity contribution in [2.75, 3.05) is 39.5 Å². The first-order chi connectivity index (χ1) is 8.36. The third-order valence-corrected chi connectivity index (χ3v) is 2.48. The molecule has 0 atom stereocenters. The molecule has 0 radical (unpaired) electrons. The fourth-order valence-electron chi connectivity index (χ4n) is 1.65. The Morgan fingerprint density at radius 2 is 1.88 bits per heavy atom. The van der Waals surface area contributed by atoms with Crippen LogP contribution in [0.4, 0.5) is 0 Å². The number of aliphatic hydroxyl groups is 1. The molecule has 4 heteroatoms. The molecule has 0 heterocycles. The number of hydrogen-bond acceptors (Lipinski definition) is 4. The Morgan fingerprint density at radius 1 is 1.12 bits per heavy atom. The number of nitrogens with two attached hydrogens (primary N) is 1. The van der Waals surface area contributed by atoms with Gasteiger partial charge >= 0.3 is 0 Å². The van der Waals surface area contributed by atoms with Crippen molar-refractivity contribution >= 4 is 0 Å². The first-order valence-corrected chi connectivity index (χ1v) is 6.01. The van der Waals surface area contributed by atoms with E-state index in [0.29, 0.717) is 19.8 Å². The molecule has 0 aliphatic heterocycles. The predicted molar refractivity (Wildman–Crippen MR) is 68.7 cm³/mol. The number of nitrogens with zero attached hydrogens (tertiary/aromatic N) is 1. The third kappa shape index (κ3) is 6.38. The Kier molecular flexibility index (Phi) is 7.58. The van der Waals surface area contributed by atoms with Crippen molar-refractivity contribution in [3.8, 4) is 0 Å². The lowest BCUT2D eigenvalue weighted by atomic mass is 10.2. The lowest BCUT2D eigenvalue weighted by Gasteiger charge is -2.21. The van der Waals surface area contributed by atoms with Crippen LogP contribution in [-0.2, 0) is 11.3 Å². The van der Waals surface area contributed by atoms with Crippen LogP contribution < -0.4 is 5.73 Å². The van der Waals surface area contributed by atoms with Crippen LogP contribution in [-0.4, -0.2) is 49.5 Å². The van der Waals surface area contributed by atoms with E-state index in [1.54, 1.807) is 0 Å². The van der Waals surface area contributed by atoms with Gasteiger partial charge in [-0.2, -0.15) is 0 Å². The molecule has 1 aromatic carbocycles. The van der Waals surface area contributed by atoms with Crippen molar-refractivity contribution < 1.29 is 9.84 Å². The summed E-state index contributed by atoms with van der Waals surface area (Å²) in [7, 11) is 0. The first kappa shape index (κ1) is 14.1. The molecule has 1 aromatic rings. The summed E-state index contributed by atoms with van der Waals surface area (Å²) in [6, 6.07) is 10.3. The molecule has 0 aromatic heterocycles. The Hall–Kier alpha value is -0.940. The molecule has 0 amide bonds. The lowest BCUT2D eigenvalue weighted by molar-refractivity contribution is 0.0727. The van der Waals surface area contributed by atoms with E-state index in [-0.39, 0.29) is 6.61 Å². The molecule has 0 saturated heterocycles. The van der Waals surface area contributed by atoms with Crippen molar-refractivity contribution in [1.29, 1.82) is 0 Å². The molecule has 0 saturated carbocycles. The van der Waals surface area contributed by atoms with Gasteiger partial charge in [0.2, 0.25) is 0 Å². The van der Waals surface area contributed by atoms with Gasteiger partial charge in [-0.1, -0.05) is 30.3 Å². The molecule has 3 N–H and O–H groups in total. The summed E-state index contributed by atoms with van der Waals surface area (Å²) < 4.78 is 5.26. The van der Waals surface area contributed by atoms with E-state index >= 15 is 0 Å². The molecule has 96 valence electrons. The standard InChI is InChI=1S/C13H22N2O2/c14-6-7-15(8-10-17-11-9-16)12-13-4-2-1-3-5-13/h1-5,16H,6-12,14H2. The number of benzene rings is 1. The zero-order chi connectivity index (χ0) is 12.3. The molecule has 0 spiro atoms. The second-order valence-electron chi connectivity index (χ2n) is 3.89. The maximum Gasteiger partial charge on any atom is 0.0698 e. The van der Waals surface area contributed by atoms with Crippen LogP contribution in [0.15, 0.2) is 30.3 Å². The van der Waals surface area contributed by atoms with E-state index in [4.69, 9.17) is 15.6 Å². The van der Waals surface area contributed by atoms with Gasteiger partial charge in [0, 0.05) is 26.2 Å². The lowest BCUT2D eigenvalue weighted by Crippen LogP contribution is -2.32. The normalized spacial score (nSPS) is 11.0. The Labute approximate surface area is 103 Å². The van der Waals surface area contributed by atoms with Crippen LogP contribution >= 0.6 is 0 Å². The van der Waals surface area contributed by atoms with Crippen LogP contribution in [0, 0.1) is 0 Å². The molecule has 1 rings (SSSR count).